The molecular weight excluding hydrogens is 214 g/mol. The third kappa shape index (κ3) is 2.46. The van der Waals surface area contributed by atoms with E-state index in [2.05, 4.69) is 10.2 Å². The highest BCUT2D eigenvalue weighted by molar-refractivity contribution is 6.17. The number of nitrogens with one attached hydrogen (secondary N) is 1. The maximum Gasteiger partial charge on any atom is 0.387 e. The summed E-state index contributed by atoms with van der Waals surface area (Å²) in [5, 5.41) is 0. The van der Waals surface area contributed by atoms with Gasteiger partial charge in [-0.05, 0) is 6.07 Å². The van der Waals surface area contributed by atoms with Gasteiger partial charge < -0.3 is 10.2 Å². The van der Waals surface area contributed by atoms with Gasteiger partial charge >= 0.3 is 6.61 Å². The average molecular weight is 223 g/mol. The molecule has 0 radical (unpaired) electrons. The molecule has 14 heavy (non-hydrogen) atoms. The summed E-state index contributed by atoms with van der Waals surface area (Å²) in [6, 6.07) is 4.75. The van der Waals surface area contributed by atoms with Gasteiger partial charge in [0.15, 0.2) is 5.75 Å². The first-order chi connectivity index (χ1) is 6.69. The molecule has 0 saturated heterocycles. The molecule has 3 nitrogen and oxygen atoms in total. The summed E-state index contributed by atoms with van der Waals surface area (Å²) in [6.45, 7) is -2.90. The lowest BCUT2D eigenvalue weighted by Crippen LogP contribution is -2.12. The van der Waals surface area contributed by atoms with Gasteiger partial charge in [-0.1, -0.05) is 12.1 Å². The van der Waals surface area contributed by atoms with Crippen molar-refractivity contribution in [3.63, 3.8) is 0 Å². The number of halogens is 3. The molecule has 0 saturated carbocycles. The number of alkyl halides is 3. The Kier molecular flexibility index (Phi) is 3.91. The zero-order valence-corrected chi connectivity index (χ0v) is 7.89. The van der Waals surface area contributed by atoms with E-state index in [0.717, 1.165) is 0 Å². The van der Waals surface area contributed by atoms with Crippen LogP contribution in [0.25, 0.3) is 0 Å². The second-order valence-electron chi connectivity index (χ2n) is 2.45. The Morgan fingerprint density at radius 1 is 1.50 bits per heavy atom. The number of benzene rings is 1. The summed E-state index contributed by atoms with van der Waals surface area (Å²) in [7, 11) is 0. The van der Waals surface area contributed by atoms with Gasteiger partial charge in [-0.3, -0.25) is 5.84 Å². The van der Waals surface area contributed by atoms with E-state index in [9.17, 15) is 8.78 Å². The van der Waals surface area contributed by atoms with Gasteiger partial charge in [0, 0.05) is 5.56 Å². The monoisotopic (exact) mass is 222 g/mol. The van der Waals surface area contributed by atoms with Gasteiger partial charge in [-0.2, -0.15) is 8.78 Å². The quantitative estimate of drug-likeness (QED) is 0.467. The Morgan fingerprint density at radius 3 is 2.71 bits per heavy atom. The highest BCUT2D eigenvalue weighted by atomic mass is 35.5. The smallest absolute Gasteiger partial charge is 0.387 e. The van der Waals surface area contributed by atoms with E-state index >= 15 is 0 Å². The van der Waals surface area contributed by atoms with E-state index in [4.69, 9.17) is 17.4 Å². The number of anilines is 1. The van der Waals surface area contributed by atoms with Crippen molar-refractivity contribution in [3.05, 3.63) is 23.8 Å². The molecule has 0 heterocycles. The van der Waals surface area contributed by atoms with Crippen molar-refractivity contribution in [3.8, 4) is 5.75 Å². The normalized spacial score (nSPS) is 10.4. The Bertz CT molecular complexity index is 287. The van der Waals surface area contributed by atoms with Crippen molar-refractivity contribution >= 4 is 17.3 Å². The lowest BCUT2D eigenvalue weighted by atomic mass is 10.2. The van der Waals surface area contributed by atoms with E-state index in [1.165, 1.54) is 6.07 Å². The van der Waals surface area contributed by atoms with Crippen molar-refractivity contribution < 1.29 is 13.5 Å². The van der Waals surface area contributed by atoms with Gasteiger partial charge in [0.1, 0.15) is 0 Å². The van der Waals surface area contributed by atoms with E-state index in [1.807, 2.05) is 0 Å². The largest absolute Gasteiger partial charge is 0.432 e. The van der Waals surface area contributed by atoms with Crippen LogP contribution >= 0.6 is 11.6 Å². The maximum atomic E-state index is 12.0. The second kappa shape index (κ2) is 4.97. The Labute approximate surface area is 84.8 Å². The van der Waals surface area contributed by atoms with E-state index in [0.29, 0.717) is 5.56 Å². The molecule has 0 aliphatic carbocycles. The van der Waals surface area contributed by atoms with Crippen LogP contribution in [-0.4, -0.2) is 6.61 Å². The van der Waals surface area contributed by atoms with Crippen LogP contribution in [0.2, 0.25) is 0 Å². The number of hydrogen-bond acceptors (Lipinski definition) is 3. The van der Waals surface area contributed by atoms with E-state index < -0.39 is 6.61 Å². The molecule has 0 aliphatic heterocycles. The SMILES string of the molecule is NNc1cccc(CCl)c1OC(F)F. The molecule has 0 spiro atoms. The molecule has 0 aromatic heterocycles. The maximum absolute atomic E-state index is 12.0. The third-order valence-corrected chi connectivity index (χ3v) is 1.89. The first-order valence-electron chi connectivity index (χ1n) is 3.78. The Balaban J connectivity index is 3.05. The molecular formula is C8H9ClF2N2O. The zero-order chi connectivity index (χ0) is 10.6. The van der Waals surface area contributed by atoms with Crippen LogP contribution in [0.3, 0.4) is 0 Å². The Hall–Kier alpha value is -1.07. The van der Waals surface area contributed by atoms with Gasteiger partial charge in [0.25, 0.3) is 0 Å². The number of hydrazine groups is 1. The number of hydrogen-bond donors (Lipinski definition) is 2. The predicted octanol–water partition coefficient (Wildman–Crippen LogP) is 2.31. The molecule has 0 aliphatic rings. The first-order valence-corrected chi connectivity index (χ1v) is 4.31. The fourth-order valence-electron chi connectivity index (χ4n) is 1.03. The fraction of sp³-hybridized carbons (Fsp3) is 0.250. The second-order valence-corrected chi connectivity index (χ2v) is 2.72. The average Bonchev–Trinajstić information content (AvgIpc) is 2.17. The third-order valence-electron chi connectivity index (χ3n) is 1.60. The highest BCUT2D eigenvalue weighted by Crippen LogP contribution is 2.30. The first kappa shape index (κ1) is 11.0. The number of nitrogen functional groups attached to an aromatic ring is 1. The van der Waals surface area contributed by atoms with Crippen molar-refractivity contribution in [2.45, 2.75) is 12.5 Å². The number of nitrogens with two attached hydrogens (primary N) is 1. The molecule has 1 aromatic carbocycles. The lowest BCUT2D eigenvalue weighted by Gasteiger charge is -2.13. The van der Waals surface area contributed by atoms with Gasteiger partial charge in [0.2, 0.25) is 0 Å². The van der Waals surface area contributed by atoms with Crippen molar-refractivity contribution in [1.29, 1.82) is 0 Å². The van der Waals surface area contributed by atoms with Crippen molar-refractivity contribution in [2.24, 2.45) is 5.84 Å². The minimum absolute atomic E-state index is 0.0139. The lowest BCUT2D eigenvalue weighted by molar-refractivity contribution is -0.0498. The summed E-state index contributed by atoms with van der Waals surface area (Å²) in [6.07, 6.45) is 0. The fourth-order valence-corrected chi connectivity index (χ4v) is 1.24. The minimum atomic E-state index is -2.90. The van der Waals surface area contributed by atoms with Crippen LogP contribution < -0.4 is 16.0 Å². The van der Waals surface area contributed by atoms with Crippen LogP contribution in [0.15, 0.2) is 18.2 Å². The topological polar surface area (TPSA) is 47.3 Å². The van der Waals surface area contributed by atoms with Gasteiger partial charge in [-0.15, -0.1) is 11.6 Å². The number of rotatable bonds is 4. The van der Waals surface area contributed by atoms with Crippen LogP contribution in [0.4, 0.5) is 14.5 Å². The summed E-state index contributed by atoms with van der Waals surface area (Å²) in [4.78, 5) is 0. The van der Waals surface area contributed by atoms with Crippen LogP contribution in [0.5, 0.6) is 5.75 Å². The Morgan fingerprint density at radius 2 is 2.21 bits per heavy atom. The van der Waals surface area contributed by atoms with Crippen molar-refractivity contribution in [1.82, 2.24) is 0 Å². The summed E-state index contributed by atoms with van der Waals surface area (Å²) in [5.41, 5.74) is 3.00. The molecule has 0 unspecified atom stereocenters. The molecule has 0 bridgehead atoms. The molecule has 78 valence electrons. The van der Waals surface area contributed by atoms with E-state index in [1.54, 1.807) is 12.1 Å². The molecule has 3 N–H and O–H groups in total. The summed E-state index contributed by atoms with van der Waals surface area (Å²) < 4.78 is 28.3. The molecule has 0 fully saturated rings. The van der Waals surface area contributed by atoms with Crippen LogP contribution in [-0.2, 0) is 5.88 Å². The van der Waals surface area contributed by atoms with Gasteiger partial charge in [0.05, 0.1) is 11.6 Å². The summed E-state index contributed by atoms with van der Waals surface area (Å²) in [5.74, 6) is 5.20. The number of ether oxygens (including phenoxy) is 1. The molecule has 1 aromatic rings. The molecule has 6 heteroatoms. The van der Waals surface area contributed by atoms with Crippen LogP contribution in [0, 0.1) is 0 Å². The zero-order valence-electron chi connectivity index (χ0n) is 7.14. The number of para-hydroxylation sites is 1. The minimum Gasteiger partial charge on any atom is -0.432 e. The summed E-state index contributed by atoms with van der Waals surface area (Å²) >= 11 is 5.55. The highest BCUT2D eigenvalue weighted by Gasteiger charge is 2.13. The molecule has 1 rings (SSSR count). The predicted molar refractivity (Wildman–Crippen MR) is 50.4 cm³/mol. The molecule has 0 atom stereocenters. The van der Waals surface area contributed by atoms with E-state index in [-0.39, 0.29) is 17.3 Å². The van der Waals surface area contributed by atoms with Crippen LogP contribution in [0.1, 0.15) is 5.56 Å². The van der Waals surface area contributed by atoms with Crippen molar-refractivity contribution in [2.75, 3.05) is 5.43 Å². The molecule has 0 amide bonds. The van der Waals surface area contributed by atoms with Gasteiger partial charge in [-0.25, -0.2) is 0 Å². The standard InChI is InChI=1S/C8H9ClF2N2O/c9-4-5-2-1-3-6(13-12)7(5)14-8(10)11/h1-3,8,13H,4,12H2.